The van der Waals surface area contributed by atoms with Crippen molar-refractivity contribution in [3.8, 4) is 0 Å². The van der Waals surface area contributed by atoms with E-state index in [9.17, 15) is 0 Å². The highest BCUT2D eigenvalue weighted by Crippen LogP contribution is 2.21. The van der Waals surface area contributed by atoms with Crippen LogP contribution in [-0.4, -0.2) is 9.78 Å². The summed E-state index contributed by atoms with van der Waals surface area (Å²) >= 11 is 1.79. The Labute approximate surface area is 123 Å². The molecule has 3 rings (SSSR count). The molecule has 0 aliphatic carbocycles. The van der Waals surface area contributed by atoms with Crippen LogP contribution in [0.4, 0.5) is 0 Å². The van der Waals surface area contributed by atoms with Gasteiger partial charge in [-0.25, -0.2) is 0 Å². The van der Waals surface area contributed by atoms with E-state index in [0.717, 1.165) is 18.8 Å². The van der Waals surface area contributed by atoms with Crippen LogP contribution in [0.3, 0.4) is 0 Å². The predicted octanol–water partition coefficient (Wildman–Crippen LogP) is 3.97. The molecule has 1 atom stereocenters. The predicted molar refractivity (Wildman–Crippen MR) is 85.0 cm³/mol. The van der Waals surface area contributed by atoms with Gasteiger partial charge in [0.05, 0.1) is 11.2 Å². The molecule has 0 saturated carbocycles. The Hall–Kier alpha value is -1.65. The van der Waals surface area contributed by atoms with Crippen LogP contribution in [0.25, 0.3) is 10.9 Å². The molecule has 0 bridgehead atoms. The normalized spacial score (nSPS) is 12.9. The second-order valence-electron chi connectivity index (χ2n) is 4.90. The van der Waals surface area contributed by atoms with Crippen molar-refractivity contribution >= 4 is 22.2 Å². The van der Waals surface area contributed by atoms with Gasteiger partial charge in [-0.3, -0.25) is 4.68 Å². The van der Waals surface area contributed by atoms with Crippen molar-refractivity contribution in [1.29, 1.82) is 0 Å². The summed E-state index contributed by atoms with van der Waals surface area (Å²) in [6.45, 7) is 6.03. The average molecular weight is 285 g/mol. The van der Waals surface area contributed by atoms with Crippen molar-refractivity contribution in [3.63, 3.8) is 0 Å². The lowest BCUT2D eigenvalue weighted by molar-refractivity contribution is 0.565. The van der Waals surface area contributed by atoms with E-state index in [4.69, 9.17) is 5.10 Å². The van der Waals surface area contributed by atoms with Gasteiger partial charge in [-0.2, -0.15) is 5.10 Å². The number of nitrogens with zero attached hydrogens (tertiary/aromatic N) is 2. The number of aryl methyl sites for hydroxylation is 1. The second kappa shape index (κ2) is 5.77. The van der Waals surface area contributed by atoms with E-state index in [-0.39, 0.29) is 0 Å². The van der Waals surface area contributed by atoms with Gasteiger partial charge >= 0.3 is 0 Å². The molecule has 0 aliphatic heterocycles. The number of rotatable bonds is 5. The van der Waals surface area contributed by atoms with E-state index < -0.39 is 0 Å². The largest absolute Gasteiger partial charge is 0.304 e. The summed E-state index contributed by atoms with van der Waals surface area (Å²) in [6, 6.07) is 13.1. The maximum Gasteiger partial charge on any atom is 0.0841 e. The SMILES string of the molecule is CCn1nc(CNC(C)c2cccs2)c2ccccc21. The fourth-order valence-electron chi connectivity index (χ4n) is 2.46. The molecular formula is C16H19N3S. The molecule has 0 amide bonds. The van der Waals surface area contributed by atoms with Gasteiger partial charge in [0.15, 0.2) is 0 Å². The maximum atomic E-state index is 4.72. The number of hydrogen-bond acceptors (Lipinski definition) is 3. The van der Waals surface area contributed by atoms with Crippen LogP contribution in [0, 0.1) is 0 Å². The van der Waals surface area contributed by atoms with E-state index in [1.807, 2.05) is 0 Å². The van der Waals surface area contributed by atoms with Crippen molar-refractivity contribution in [2.75, 3.05) is 0 Å². The molecule has 1 aromatic carbocycles. The summed E-state index contributed by atoms with van der Waals surface area (Å²) in [4.78, 5) is 1.37. The molecule has 2 heterocycles. The van der Waals surface area contributed by atoms with Crippen molar-refractivity contribution in [3.05, 3.63) is 52.3 Å². The van der Waals surface area contributed by atoms with Gasteiger partial charge in [0.2, 0.25) is 0 Å². The number of aromatic nitrogens is 2. The van der Waals surface area contributed by atoms with Crippen LogP contribution in [-0.2, 0) is 13.1 Å². The van der Waals surface area contributed by atoms with E-state index in [0.29, 0.717) is 6.04 Å². The fourth-order valence-corrected chi connectivity index (χ4v) is 3.21. The summed E-state index contributed by atoms with van der Waals surface area (Å²) < 4.78 is 2.07. The Balaban J connectivity index is 1.81. The van der Waals surface area contributed by atoms with Crippen LogP contribution < -0.4 is 5.32 Å². The summed E-state index contributed by atoms with van der Waals surface area (Å²) in [5, 5.41) is 11.7. The van der Waals surface area contributed by atoms with E-state index in [1.54, 1.807) is 11.3 Å². The first-order valence-corrected chi connectivity index (χ1v) is 7.88. The Morgan fingerprint density at radius 2 is 2.10 bits per heavy atom. The van der Waals surface area contributed by atoms with Crippen LogP contribution in [0.2, 0.25) is 0 Å². The summed E-state index contributed by atoms with van der Waals surface area (Å²) in [5.74, 6) is 0. The van der Waals surface area contributed by atoms with Crippen LogP contribution in [0.5, 0.6) is 0 Å². The first-order chi connectivity index (χ1) is 9.79. The van der Waals surface area contributed by atoms with Crippen molar-refractivity contribution in [1.82, 2.24) is 15.1 Å². The third kappa shape index (κ3) is 2.49. The zero-order valence-electron chi connectivity index (χ0n) is 11.8. The molecule has 3 aromatic rings. The van der Waals surface area contributed by atoms with Gasteiger partial charge in [-0.05, 0) is 31.4 Å². The summed E-state index contributed by atoms with van der Waals surface area (Å²) in [6.07, 6.45) is 0. The topological polar surface area (TPSA) is 29.9 Å². The quantitative estimate of drug-likeness (QED) is 0.768. The second-order valence-corrected chi connectivity index (χ2v) is 5.88. The third-order valence-corrected chi connectivity index (χ3v) is 4.63. The molecule has 1 unspecified atom stereocenters. The molecule has 1 N–H and O–H groups in total. The minimum atomic E-state index is 0.362. The van der Waals surface area contributed by atoms with Gasteiger partial charge < -0.3 is 5.32 Å². The lowest BCUT2D eigenvalue weighted by Gasteiger charge is -2.10. The Bertz CT molecular complexity index is 685. The Morgan fingerprint density at radius 1 is 1.25 bits per heavy atom. The van der Waals surface area contributed by atoms with Gasteiger partial charge in [0.1, 0.15) is 0 Å². The molecule has 0 saturated heterocycles. The Kier molecular flexibility index (Phi) is 3.85. The van der Waals surface area contributed by atoms with Crippen LogP contribution in [0.15, 0.2) is 41.8 Å². The highest BCUT2D eigenvalue weighted by Gasteiger charge is 2.11. The number of benzene rings is 1. The number of fused-ring (bicyclic) bond motifs is 1. The zero-order chi connectivity index (χ0) is 13.9. The number of thiophene rings is 1. The van der Waals surface area contributed by atoms with Crippen molar-refractivity contribution in [2.45, 2.75) is 33.0 Å². The average Bonchev–Trinajstić information content (AvgIpc) is 3.13. The molecule has 104 valence electrons. The van der Waals surface area contributed by atoms with Gasteiger partial charge in [0, 0.05) is 29.4 Å². The molecule has 20 heavy (non-hydrogen) atoms. The first-order valence-electron chi connectivity index (χ1n) is 7.00. The van der Waals surface area contributed by atoms with Crippen molar-refractivity contribution in [2.24, 2.45) is 0 Å². The first kappa shape index (κ1) is 13.3. The van der Waals surface area contributed by atoms with Gasteiger partial charge in [-0.1, -0.05) is 24.3 Å². The number of hydrogen-bond donors (Lipinski definition) is 1. The van der Waals surface area contributed by atoms with Crippen molar-refractivity contribution < 1.29 is 0 Å². The smallest absolute Gasteiger partial charge is 0.0841 e. The molecule has 0 fully saturated rings. The van der Waals surface area contributed by atoms with Crippen LogP contribution in [0.1, 0.15) is 30.5 Å². The molecule has 0 aliphatic rings. The molecule has 4 heteroatoms. The summed E-state index contributed by atoms with van der Waals surface area (Å²) in [5.41, 5.74) is 2.35. The van der Waals surface area contributed by atoms with E-state index in [1.165, 1.54) is 15.8 Å². The zero-order valence-corrected chi connectivity index (χ0v) is 12.7. The number of nitrogens with one attached hydrogen (secondary N) is 1. The van der Waals surface area contributed by atoms with E-state index in [2.05, 4.69) is 65.6 Å². The third-order valence-electron chi connectivity index (χ3n) is 3.58. The lowest BCUT2D eigenvalue weighted by Crippen LogP contribution is -2.17. The minimum Gasteiger partial charge on any atom is -0.304 e. The summed E-state index contributed by atoms with van der Waals surface area (Å²) in [7, 11) is 0. The molecule has 2 aromatic heterocycles. The molecule has 0 radical (unpaired) electrons. The monoisotopic (exact) mass is 285 g/mol. The van der Waals surface area contributed by atoms with E-state index >= 15 is 0 Å². The molecule has 3 nitrogen and oxygen atoms in total. The fraction of sp³-hybridized carbons (Fsp3) is 0.312. The standard InChI is InChI=1S/C16H19N3S/c1-3-19-15-8-5-4-7-13(15)14(18-19)11-17-12(2)16-9-6-10-20-16/h4-10,12,17H,3,11H2,1-2H3. The maximum absolute atomic E-state index is 4.72. The molecule has 0 spiro atoms. The minimum absolute atomic E-state index is 0.362. The molecular weight excluding hydrogens is 266 g/mol. The van der Waals surface area contributed by atoms with Gasteiger partial charge in [-0.15, -0.1) is 11.3 Å². The highest BCUT2D eigenvalue weighted by atomic mass is 32.1. The Morgan fingerprint density at radius 3 is 2.85 bits per heavy atom. The van der Waals surface area contributed by atoms with Crippen LogP contribution >= 0.6 is 11.3 Å². The lowest BCUT2D eigenvalue weighted by atomic mass is 10.2. The van der Waals surface area contributed by atoms with Gasteiger partial charge in [0.25, 0.3) is 0 Å². The highest BCUT2D eigenvalue weighted by molar-refractivity contribution is 7.10. The number of para-hydroxylation sites is 1.